The first-order valence-corrected chi connectivity index (χ1v) is 39.3. The number of nitrogens with one attached hydrogen (secondary N) is 4. The summed E-state index contributed by atoms with van der Waals surface area (Å²) in [6.07, 6.45) is -26.4. The lowest BCUT2D eigenvalue weighted by molar-refractivity contribution is -0.318. The number of nitrogens with two attached hydrogens (primary N) is 3. The number of Topliss-reactive ketones (excluding diaryl/α,β-unsaturated/α-hetero) is 1. The smallest absolute Gasteiger partial charge is 0.327 e. The molecule has 1 aromatic rings. The Morgan fingerprint density at radius 2 is 1.35 bits per heavy atom. The van der Waals surface area contributed by atoms with Gasteiger partial charge in [-0.05, 0) is 108 Å². The maximum Gasteiger partial charge on any atom is 0.327 e. The third kappa shape index (κ3) is 20.7. The van der Waals surface area contributed by atoms with Crippen molar-refractivity contribution in [1.29, 1.82) is 5.41 Å². The molecule has 114 heavy (non-hydrogen) atoms. The summed E-state index contributed by atoms with van der Waals surface area (Å²) in [6.45, 7) is 19.7. The summed E-state index contributed by atoms with van der Waals surface area (Å²) < 4.78 is 59.6. The SMILES string of the molecule is CC1(C)S[C@@H]2[C@H](NC(=O)Cc3ccccc3)C(=O)N2[C@H]1C(=O)O.CC[C@H]1OC(=O)[C@H](C)[C@@H](O[C@H]2C[C@@](C)(OC)[C@@H](O)[C@H](C)O2)[C@H](C)[C@@H](O[C@@H]2O[C@H](C)C[C@H](N(C)C)[C@H]2O)[C@](C)(O)C[C@@H](C)C(=O)[C@H](C)[C@@H](O)[C@]1(C)O.CN[C@@H]1[C@H](O[C@H]2[C@H](O[C@H]3[C@H](O)[C@@H](O)[C@H](NC(=N)N)[C@@H](O)[C@@H]3N=C(N)N)O[C@@H](C)[C@]2(O)CO)O[C@@H](CO)[C@H](O)[C@H]1O. The van der Waals surface area contributed by atoms with Crippen LogP contribution in [0.1, 0.15) is 121 Å². The molecule has 7 heterocycles. The van der Waals surface area contributed by atoms with Crippen LogP contribution < -0.4 is 33.2 Å². The van der Waals surface area contributed by atoms with E-state index in [1.165, 1.54) is 58.5 Å². The molecule has 0 aromatic heterocycles. The number of fused-ring (bicyclic) bond motifs is 1. The van der Waals surface area contributed by atoms with Crippen molar-refractivity contribution in [1.82, 2.24) is 25.8 Å². The van der Waals surface area contributed by atoms with Crippen LogP contribution in [-0.4, -0.2) is 362 Å². The standard InChI is InChI=1S/C37H67NO13.C21H41N7O12.C16H18N2O4S/c1-14-25-37(10,45)30(41)20(4)27(39)18(2)16-35(8,44)32(51-34-28(40)24(38(11)12)15-19(3)47-34)21(5)29(22(6)33(43)49-25)50-26-17-36(9,46-13)31(42)23(7)48-26;1-5-21(36,4-30)16(40-17-9(26-2)13(34)10(31)6(3-29)38-17)18(37-5)39-15-8(28-20(24)25)11(32)7(27-19(22)23)12(33)14(15)35;1-16(2)12(15(21)22)18-13(20)11(14(18)23-16)17-10(19)8-9-6-4-3-5-7-9/h18-26,28-32,34,40-42,44-45H,14-17H2,1-13H3;5-18,26,29-36H,3-4H2,1-2H3,(H4,22,23,27)(H4,24,25,28);3-7,11-12,14H,8H2,1-2H3,(H,17,19)(H,21,22)/t18-,19-,20+,21+,22-,23+,24+,25-,26+,28-,29+,30-,31+,32-,34+,35-,36-,37-;5-,6-,7+,8-,9-,10-,11+,12-,13-,14+,15+,16-,17-,18-,21+;11-,12+,14-/m101/s1. The Morgan fingerprint density at radius 3 is 1.90 bits per heavy atom. The summed E-state index contributed by atoms with van der Waals surface area (Å²) in [4.78, 5) is 70.9. The van der Waals surface area contributed by atoms with Crippen LogP contribution in [-0.2, 0) is 77.8 Å². The molecule has 0 spiro atoms. The fraction of sp³-hybridized carbons (Fsp3) is 0.824. The first-order chi connectivity index (χ1) is 52.9. The zero-order valence-electron chi connectivity index (χ0n) is 67.7. The summed E-state index contributed by atoms with van der Waals surface area (Å²) in [5.41, 5.74) is 10.2. The minimum Gasteiger partial charge on any atom is -0.480 e. The molecule has 36 atom stereocenters. The van der Waals surface area contributed by atoms with Gasteiger partial charge in [0.05, 0.1) is 85.5 Å². The number of guanidine groups is 2. The molecule has 1 aliphatic carbocycles. The molecular weight excluding hydrogens is 1520 g/mol. The fourth-order valence-corrected chi connectivity index (χ4v) is 18.4. The van der Waals surface area contributed by atoms with Gasteiger partial charge in [0.15, 0.2) is 37.1 Å². The molecule has 0 bridgehead atoms. The number of likely N-dealkylation sites (N-methyl/N-ethyl adjacent to an activating group) is 2. The van der Waals surface area contributed by atoms with Gasteiger partial charge in [-0.2, -0.15) is 0 Å². The third-order valence-corrected chi connectivity index (χ3v) is 25.1. The number of ether oxygens (including phenoxy) is 10. The lowest BCUT2D eigenvalue weighted by Gasteiger charge is -2.49. The van der Waals surface area contributed by atoms with Crippen molar-refractivity contribution in [3.05, 3.63) is 35.9 Å². The number of hydrogen-bond donors (Lipinski definition) is 21. The molecule has 7 aliphatic heterocycles. The zero-order chi connectivity index (χ0) is 85.8. The molecule has 1 saturated carbocycles. The zero-order valence-corrected chi connectivity index (χ0v) is 68.5. The summed E-state index contributed by atoms with van der Waals surface area (Å²) >= 11 is 1.42. The van der Waals surface area contributed by atoms with E-state index >= 15 is 0 Å². The van der Waals surface area contributed by atoms with Gasteiger partial charge in [-0.3, -0.25) is 24.6 Å². The van der Waals surface area contributed by atoms with Crippen molar-refractivity contribution >= 4 is 53.2 Å². The number of ketones is 1. The van der Waals surface area contributed by atoms with Gasteiger partial charge < -0.3 is 162 Å². The summed E-state index contributed by atoms with van der Waals surface area (Å²) in [6, 6.07) is 3.52. The van der Waals surface area contributed by atoms with E-state index in [1.807, 2.05) is 70.1 Å². The Labute approximate surface area is 667 Å². The number of cyclic esters (lactones) is 1. The predicted molar refractivity (Wildman–Crippen MR) is 405 cm³/mol. The van der Waals surface area contributed by atoms with Crippen molar-refractivity contribution in [2.75, 3.05) is 41.5 Å². The number of aliphatic hydroxyl groups is 13. The number of thioether (sulfide) groups is 1. The number of hydrogen-bond acceptors (Lipinski definition) is 33. The topological polar surface area (TPSA) is 618 Å². The maximum atomic E-state index is 14.1. The Hall–Kier alpha value is -5.30. The largest absolute Gasteiger partial charge is 0.480 e. The summed E-state index contributed by atoms with van der Waals surface area (Å²) in [7, 11) is 6.61. The van der Waals surface area contributed by atoms with Crippen molar-refractivity contribution in [2.24, 2.45) is 45.9 Å². The van der Waals surface area contributed by atoms with Gasteiger partial charge in [0, 0.05) is 42.1 Å². The van der Waals surface area contributed by atoms with Crippen LogP contribution in [0.15, 0.2) is 35.3 Å². The molecule has 0 radical (unpaired) electrons. The van der Waals surface area contributed by atoms with E-state index in [2.05, 4.69) is 20.9 Å². The second-order valence-corrected chi connectivity index (χ2v) is 34.6. The van der Waals surface area contributed by atoms with E-state index in [1.54, 1.807) is 41.5 Å². The average molecular weight is 1650 g/mol. The van der Waals surface area contributed by atoms with Gasteiger partial charge in [0.2, 0.25) is 11.8 Å². The number of benzene rings is 1. The second kappa shape index (κ2) is 38.8. The first-order valence-electron chi connectivity index (χ1n) is 38.4. The van der Waals surface area contributed by atoms with Crippen molar-refractivity contribution in [3.63, 3.8) is 0 Å². The number of nitrogens with zero attached hydrogens (tertiary/aromatic N) is 3. The number of rotatable bonds is 20. The van der Waals surface area contributed by atoms with E-state index in [4.69, 9.17) is 70.0 Å². The van der Waals surface area contributed by atoms with Gasteiger partial charge in [0.25, 0.3) is 0 Å². The molecule has 2 amide bonds. The van der Waals surface area contributed by atoms with Crippen molar-refractivity contribution in [3.8, 4) is 0 Å². The molecule has 652 valence electrons. The minimum absolute atomic E-state index is 0.0936. The molecular formula is C74H126N10O29S. The van der Waals surface area contributed by atoms with Crippen molar-refractivity contribution < 1.29 is 143 Å². The fourth-order valence-electron chi connectivity index (χ4n) is 16.8. The molecule has 1 aromatic carbocycles. The number of carbonyl (C=O) groups excluding carboxylic acids is 4. The van der Waals surface area contributed by atoms with Gasteiger partial charge in [-0.25, -0.2) is 9.79 Å². The van der Waals surface area contributed by atoms with Crippen LogP contribution in [0.3, 0.4) is 0 Å². The predicted octanol–water partition coefficient (Wildman–Crippen LogP) is -5.51. The molecule has 9 rings (SSSR count). The number of β-lactam (4-membered cyclic amide) rings is 1. The Morgan fingerprint density at radius 1 is 0.737 bits per heavy atom. The number of aliphatic hydroxyl groups excluding tert-OH is 10. The Kier molecular flexibility index (Phi) is 32.6. The molecule has 8 fully saturated rings. The van der Waals surface area contributed by atoms with E-state index in [0.717, 1.165) is 5.56 Å². The number of carbonyl (C=O) groups is 5. The number of carboxylic acid groups (broad SMARTS) is 1. The van der Waals surface area contributed by atoms with Gasteiger partial charge in [-0.15, -0.1) is 11.8 Å². The molecule has 24 N–H and O–H groups in total. The summed E-state index contributed by atoms with van der Waals surface area (Å²) in [5.74, 6) is -7.67. The highest BCUT2D eigenvalue weighted by molar-refractivity contribution is 8.01. The van der Waals surface area contributed by atoms with E-state index in [-0.39, 0.29) is 55.0 Å². The number of aliphatic carboxylic acids is 1. The number of esters is 1. The van der Waals surface area contributed by atoms with Crippen LogP contribution in [0.5, 0.6) is 0 Å². The van der Waals surface area contributed by atoms with Crippen molar-refractivity contribution in [2.45, 2.75) is 320 Å². The van der Waals surface area contributed by atoms with Crippen LogP contribution in [0.25, 0.3) is 0 Å². The minimum atomic E-state index is -2.15. The van der Waals surface area contributed by atoms with E-state index in [9.17, 15) is 95.5 Å². The summed E-state index contributed by atoms with van der Waals surface area (Å²) in [5, 5.41) is 166. The molecule has 40 heteroatoms. The highest BCUT2D eigenvalue weighted by atomic mass is 32.2. The lowest BCUT2D eigenvalue weighted by atomic mass is 9.74. The lowest BCUT2D eigenvalue weighted by Crippen LogP contribution is -2.70. The third-order valence-electron chi connectivity index (χ3n) is 23.6. The van der Waals surface area contributed by atoms with Crippen LogP contribution in [0.4, 0.5) is 0 Å². The Balaban J connectivity index is 0.000000253. The number of carboxylic acids is 1. The quantitative estimate of drug-likeness (QED) is 0.0251. The average Bonchev–Trinajstić information content (AvgIpc) is 1.49. The van der Waals surface area contributed by atoms with Gasteiger partial charge in [-0.1, -0.05) is 58.0 Å². The highest BCUT2D eigenvalue weighted by Gasteiger charge is 2.65. The monoisotopic (exact) mass is 1650 g/mol. The molecule has 39 nitrogen and oxygen atoms in total. The maximum absolute atomic E-state index is 14.1. The molecule has 0 unspecified atom stereocenters. The van der Waals surface area contributed by atoms with Crippen LogP contribution >= 0.6 is 11.8 Å². The van der Waals surface area contributed by atoms with E-state index in [0.29, 0.717) is 6.42 Å². The van der Waals surface area contributed by atoms with Gasteiger partial charge >= 0.3 is 11.9 Å². The Bertz CT molecular complexity index is 3410. The van der Waals surface area contributed by atoms with Crippen LogP contribution in [0.2, 0.25) is 0 Å². The normalized spacial score (nSPS) is 44.6. The number of amides is 2. The number of methoxy groups -OCH3 is 1. The van der Waals surface area contributed by atoms with E-state index < -0.39 is 247 Å². The van der Waals surface area contributed by atoms with Crippen LogP contribution in [0, 0.1) is 29.1 Å². The van der Waals surface area contributed by atoms with Gasteiger partial charge in [0.1, 0.15) is 108 Å². The molecule has 8 aliphatic rings. The number of aliphatic imine (C=N–C) groups is 1. The molecule has 7 saturated heterocycles. The highest BCUT2D eigenvalue weighted by Crippen LogP contribution is 2.51. The first kappa shape index (κ1) is 95.8. The second-order valence-electron chi connectivity index (χ2n) is 32.9.